The molecule has 0 fully saturated rings. The summed E-state index contributed by atoms with van der Waals surface area (Å²) in [6.45, 7) is 0. The van der Waals surface area contributed by atoms with E-state index in [2.05, 4.69) is 203 Å². The Kier molecular flexibility index (Phi) is 7.83. The molecule has 13 rings (SSSR count). The molecule has 0 bridgehead atoms. The van der Waals surface area contributed by atoms with Crippen LogP contribution in [0.2, 0.25) is 0 Å². The maximum atomic E-state index is 5.44. The number of hydrogen-bond donors (Lipinski definition) is 0. The van der Waals surface area contributed by atoms with Crippen LogP contribution in [0.4, 0.5) is 0 Å². The van der Waals surface area contributed by atoms with Gasteiger partial charge in [0.2, 0.25) is 5.95 Å². The maximum absolute atomic E-state index is 5.44. The third-order valence-electron chi connectivity index (χ3n) is 13.2. The second-order valence-electron chi connectivity index (χ2n) is 16.6. The Morgan fingerprint density at radius 3 is 1.76 bits per heavy atom. The predicted octanol–water partition coefficient (Wildman–Crippen LogP) is 15.4. The summed E-state index contributed by atoms with van der Waals surface area (Å²) < 4.78 is 4.73. The Bertz CT molecular complexity index is 3810. The van der Waals surface area contributed by atoms with Crippen molar-refractivity contribution >= 4 is 87.3 Å². The molecule has 4 nitrogen and oxygen atoms in total. The van der Waals surface area contributed by atoms with E-state index in [0.717, 1.165) is 58.9 Å². The normalized spacial score (nSPS) is 14.3. The van der Waals surface area contributed by atoms with E-state index in [1.165, 1.54) is 82.1 Å². The third-order valence-corrected chi connectivity index (χ3v) is 13.2. The quantitative estimate of drug-likeness (QED) is 0.174. The van der Waals surface area contributed by atoms with Gasteiger partial charge in [0.05, 0.1) is 33.3 Å². The van der Waals surface area contributed by atoms with Crippen molar-refractivity contribution in [3.05, 3.63) is 200 Å². The van der Waals surface area contributed by atoms with Gasteiger partial charge in [-0.2, -0.15) is 0 Å². The van der Waals surface area contributed by atoms with Crippen molar-refractivity contribution in [1.29, 1.82) is 0 Å². The number of aromatic nitrogens is 4. The summed E-state index contributed by atoms with van der Waals surface area (Å²) in [5, 5.41) is 10.9. The molecule has 0 amide bonds. The van der Waals surface area contributed by atoms with Crippen molar-refractivity contribution in [3.8, 4) is 28.2 Å². The molecule has 62 heavy (non-hydrogen) atoms. The highest BCUT2D eigenvalue weighted by Crippen LogP contribution is 2.45. The molecule has 4 heteroatoms. The monoisotopic (exact) mass is 792 g/mol. The number of benzene rings is 8. The van der Waals surface area contributed by atoms with Crippen molar-refractivity contribution in [1.82, 2.24) is 19.1 Å². The Balaban J connectivity index is 1.05. The van der Waals surface area contributed by atoms with Crippen LogP contribution in [-0.4, -0.2) is 19.1 Å². The standard InChI is InChI=1S/C58H40N4/c1-3-17-37(18-4-1)57-47-26-11-14-28-51(47)59-58(60-57)62-53-30-16-13-27-48(53)56-46-25-10-9-23-43(46)49(36-55(56)62)44-33-32-40(41-21-7-8-22-42(41)44)38-31-34-54-50(35-38)45-24-12-15-29-52(45)61(54)39-19-5-2-6-20-39/h3,5,7-36H,1-2,4,6H2. The lowest BCUT2D eigenvalue weighted by atomic mass is 9.89. The van der Waals surface area contributed by atoms with Crippen LogP contribution in [0.3, 0.4) is 0 Å². The summed E-state index contributed by atoms with van der Waals surface area (Å²) in [6, 6.07) is 57.9. The number of nitrogens with zero attached hydrogens (tertiary/aromatic N) is 4. The first-order valence-corrected chi connectivity index (χ1v) is 21.8. The molecule has 2 aliphatic rings. The SMILES string of the molecule is C1=CC(c2nc(-n3c4ccccc4c4c5ccccc5c(-c5ccc(-c6ccc7c(c6)c6ccccc6n7C6=CCCC=C6)c6ccccc56)cc43)nc3ccccc23)=CCC1. The molecule has 0 radical (unpaired) electrons. The van der Waals surface area contributed by atoms with Crippen LogP contribution in [0.15, 0.2) is 194 Å². The minimum atomic E-state index is 0.679. The van der Waals surface area contributed by atoms with E-state index < -0.39 is 0 Å². The van der Waals surface area contributed by atoms with Gasteiger partial charge in [0, 0.05) is 32.6 Å². The van der Waals surface area contributed by atoms with E-state index in [0.29, 0.717) is 5.95 Å². The smallest absolute Gasteiger partial charge is 0.235 e. The molecule has 292 valence electrons. The second kappa shape index (κ2) is 13.9. The highest BCUT2D eigenvalue weighted by Gasteiger charge is 2.22. The summed E-state index contributed by atoms with van der Waals surface area (Å²) in [6.07, 6.45) is 17.9. The Morgan fingerprint density at radius 1 is 0.387 bits per heavy atom. The zero-order chi connectivity index (χ0) is 40.7. The van der Waals surface area contributed by atoms with Gasteiger partial charge in [-0.1, -0.05) is 152 Å². The van der Waals surface area contributed by atoms with Crippen LogP contribution in [-0.2, 0) is 0 Å². The molecule has 0 N–H and O–H groups in total. The van der Waals surface area contributed by atoms with Gasteiger partial charge in [-0.15, -0.1) is 0 Å². The summed E-state index contributed by atoms with van der Waals surface area (Å²) in [7, 11) is 0. The van der Waals surface area contributed by atoms with Gasteiger partial charge in [0.25, 0.3) is 0 Å². The molecule has 0 aliphatic heterocycles. The van der Waals surface area contributed by atoms with Gasteiger partial charge in [-0.25, -0.2) is 9.97 Å². The average molecular weight is 793 g/mol. The highest BCUT2D eigenvalue weighted by molar-refractivity contribution is 6.25. The molecule has 3 heterocycles. The Morgan fingerprint density at radius 2 is 1.00 bits per heavy atom. The summed E-state index contributed by atoms with van der Waals surface area (Å²) in [5.41, 5.74) is 13.8. The van der Waals surface area contributed by atoms with Crippen LogP contribution >= 0.6 is 0 Å². The first-order chi connectivity index (χ1) is 30.8. The van der Waals surface area contributed by atoms with E-state index in [1.54, 1.807) is 0 Å². The molecule has 0 spiro atoms. The van der Waals surface area contributed by atoms with Crippen LogP contribution in [0.5, 0.6) is 0 Å². The number of para-hydroxylation sites is 3. The number of allylic oxidation sites excluding steroid dienone is 8. The van der Waals surface area contributed by atoms with Gasteiger partial charge in [-0.05, 0) is 118 Å². The third kappa shape index (κ3) is 5.26. The number of hydrogen-bond acceptors (Lipinski definition) is 2. The minimum Gasteiger partial charge on any atom is -0.310 e. The fourth-order valence-electron chi connectivity index (χ4n) is 10.4. The molecule has 0 atom stereocenters. The first-order valence-electron chi connectivity index (χ1n) is 21.8. The Hall–Kier alpha value is -7.82. The molecule has 0 saturated carbocycles. The summed E-state index contributed by atoms with van der Waals surface area (Å²) in [5.74, 6) is 0.679. The molecular weight excluding hydrogens is 753 g/mol. The van der Waals surface area contributed by atoms with E-state index in [9.17, 15) is 0 Å². The van der Waals surface area contributed by atoms with Crippen molar-refractivity contribution in [3.63, 3.8) is 0 Å². The fraction of sp³-hybridized carbons (Fsp3) is 0.0690. The lowest BCUT2D eigenvalue weighted by molar-refractivity contribution is 0.996. The van der Waals surface area contributed by atoms with Gasteiger partial charge >= 0.3 is 0 Å². The molecular formula is C58H40N4. The van der Waals surface area contributed by atoms with Crippen molar-refractivity contribution < 1.29 is 0 Å². The molecule has 3 aromatic heterocycles. The van der Waals surface area contributed by atoms with Crippen molar-refractivity contribution in [2.24, 2.45) is 0 Å². The molecule has 8 aromatic carbocycles. The van der Waals surface area contributed by atoms with E-state index in [1.807, 2.05) is 0 Å². The minimum absolute atomic E-state index is 0.679. The van der Waals surface area contributed by atoms with E-state index >= 15 is 0 Å². The second-order valence-corrected chi connectivity index (χ2v) is 16.6. The van der Waals surface area contributed by atoms with E-state index in [-0.39, 0.29) is 0 Å². The van der Waals surface area contributed by atoms with Gasteiger partial charge in [0.1, 0.15) is 0 Å². The molecule has 0 unspecified atom stereocenters. The predicted molar refractivity (Wildman–Crippen MR) is 262 cm³/mol. The largest absolute Gasteiger partial charge is 0.310 e. The molecule has 11 aromatic rings. The van der Waals surface area contributed by atoms with Crippen molar-refractivity contribution in [2.75, 3.05) is 0 Å². The Labute approximate surface area is 358 Å². The van der Waals surface area contributed by atoms with Crippen LogP contribution in [0, 0.1) is 0 Å². The summed E-state index contributed by atoms with van der Waals surface area (Å²) >= 11 is 0. The molecule has 2 aliphatic carbocycles. The van der Waals surface area contributed by atoms with Crippen LogP contribution < -0.4 is 0 Å². The topological polar surface area (TPSA) is 35.6 Å². The highest BCUT2D eigenvalue weighted by atomic mass is 15.2. The van der Waals surface area contributed by atoms with Crippen LogP contribution in [0.25, 0.3) is 116 Å². The fourth-order valence-corrected chi connectivity index (χ4v) is 10.4. The number of rotatable bonds is 5. The maximum Gasteiger partial charge on any atom is 0.235 e. The average Bonchev–Trinajstić information content (AvgIpc) is 3.86. The summed E-state index contributed by atoms with van der Waals surface area (Å²) in [4.78, 5) is 10.7. The lowest BCUT2D eigenvalue weighted by Gasteiger charge is -2.16. The van der Waals surface area contributed by atoms with Gasteiger partial charge < -0.3 is 4.57 Å². The zero-order valence-electron chi connectivity index (χ0n) is 34.1. The van der Waals surface area contributed by atoms with E-state index in [4.69, 9.17) is 9.97 Å². The zero-order valence-corrected chi connectivity index (χ0v) is 34.1. The van der Waals surface area contributed by atoms with Gasteiger partial charge in [0.15, 0.2) is 0 Å². The van der Waals surface area contributed by atoms with Crippen molar-refractivity contribution in [2.45, 2.75) is 25.7 Å². The first kappa shape index (κ1) is 35.0. The molecule has 0 saturated heterocycles. The number of fused-ring (bicyclic) bond motifs is 10. The lowest BCUT2D eigenvalue weighted by Crippen LogP contribution is -2.05. The van der Waals surface area contributed by atoms with Crippen LogP contribution in [0.1, 0.15) is 31.4 Å². The van der Waals surface area contributed by atoms with Gasteiger partial charge in [-0.3, -0.25) is 4.57 Å².